The fourth-order valence-electron chi connectivity index (χ4n) is 2.38. The van der Waals surface area contributed by atoms with E-state index in [1.165, 1.54) is 18.2 Å². The third-order valence-corrected chi connectivity index (χ3v) is 4.78. The average Bonchev–Trinajstić information content (AvgIpc) is 2.69. The topological polar surface area (TPSA) is 105 Å². The van der Waals surface area contributed by atoms with E-state index in [2.05, 4.69) is 26.1 Å². The van der Waals surface area contributed by atoms with Gasteiger partial charge in [0.25, 0.3) is 5.91 Å². The number of carbonyl (C=O) groups is 1. The quantitative estimate of drug-likeness (QED) is 0.349. The lowest BCUT2D eigenvalue weighted by Gasteiger charge is -2.15. The number of hydrogen-bond acceptors (Lipinski definition) is 6. The Morgan fingerprint density at radius 2 is 1.68 bits per heavy atom. The number of nitrogens with one attached hydrogen (secondary N) is 3. The van der Waals surface area contributed by atoms with E-state index < -0.39 is 17.6 Å². The van der Waals surface area contributed by atoms with Crippen molar-refractivity contribution in [3.8, 4) is 0 Å². The van der Waals surface area contributed by atoms with Crippen LogP contribution in [0.25, 0.3) is 0 Å². The van der Waals surface area contributed by atoms with Gasteiger partial charge in [0.2, 0.25) is 0 Å². The molecule has 0 radical (unpaired) electrons. The number of nitrogen functional groups attached to an aromatic ring is 1. The molecule has 0 aliphatic heterocycles. The highest BCUT2D eigenvalue weighted by molar-refractivity contribution is 6.36. The Bertz CT molecular complexity index is 1140. The number of rotatable bonds is 5. The lowest BCUT2D eigenvalue weighted by Crippen LogP contribution is -2.30. The molecule has 3 aromatic rings. The highest BCUT2D eigenvalue weighted by atomic mass is 35.5. The molecule has 5 N–H and O–H groups in total. The first-order chi connectivity index (χ1) is 14.6. The van der Waals surface area contributed by atoms with E-state index in [9.17, 15) is 18.0 Å². The second-order valence-corrected chi connectivity index (χ2v) is 7.26. The van der Waals surface area contributed by atoms with E-state index in [0.29, 0.717) is 5.02 Å². The fraction of sp³-hybridized carbons (Fsp3) is 0.0556. The van der Waals surface area contributed by atoms with Gasteiger partial charge in [0, 0.05) is 5.02 Å². The van der Waals surface area contributed by atoms with Crippen LogP contribution < -0.4 is 21.9 Å². The number of nitrogens with zero attached hydrogens (tertiary/aromatic N) is 2. The Balaban J connectivity index is 1.78. The monoisotopic (exact) mass is 490 g/mol. The summed E-state index contributed by atoms with van der Waals surface area (Å²) in [6.45, 7) is 0. The molecule has 0 saturated heterocycles. The minimum Gasteiger partial charge on any atom is -0.393 e. The number of benzene rings is 2. The summed E-state index contributed by atoms with van der Waals surface area (Å²) in [5, 5.41) is 3.14. The molecule has 1 heterocycles. The van der Waals surface area contributed by atoms with Gasteiger partial charge in [-0.3, -0.25) is 15.6 Å². The van der Waals surface area contributed by atoms with Gasteiger partial charge in [-0.25, -0.2) is 9.97 Å². The molecule has 0 aliphatic carbocycles. The van der Waals surface area contributed by atoms with Crippen LogP contribution in [0.4, 0.5) is 36.2 Å². The minimum atomic E-state index is -4.56. The summed E-state index contributed by atoms with van der Waals surface area (Å²) in [5.74, 6) is -0.647. The van der Waals surface area contributed by atoms with Gasteiger partial charge >= 0.3 is 6.18 Å². The summed E-state index contributed by atoms with van der Waals surface area (Å²) in [4.78, 5) is 20.1. The van der Waals surface area contributed by atoms with Gasteiger partial charge in [-0.2, -0.15) is 13.2 Å². The van der Waals surface area contributed by atoms with Crippen molar-refractivity contribution in [2.24, 2.45) is 0 Å². The first kappa shape index (κ1) is 22.7. The van der Waals surface area contributed by atoms with E-state index in [1.807, 2.05) is 0 Å². The second-order valence-electron chi connectivity index (χ2n) is 6.01. The molecule has 0 fully saturated rings. The number of hydrogen-bond donors (Lipinski definition) is 4. The molecular formula is C18H12Cl3F3N6O. The van der Waals surface area contributed by atoms with Crippen LogP contribution in [0.3, 0.4) is 0 Å². The van der Waals surface area contributed by atoms with Crippen molar-refractivity contribution in [2.45, 2.75) is 6.18 Å². The number of alkyl halides is 3. The van der Waals surface area contributed by atoms with Crippen LogP contribution in [-0.4, -0.2) is 15.9 Å². The second kappa shape index (κ2) is 9.04. The molecule has 0 unspecified atom stereocenters. The van der Waals surface area contributed by atoms with Gasteiger partial charge in [0.15, 0.2) is 11.6 Å². The molecule has 1 aromatic heterocycles. The average molecular weight is 492 g/mol. The predicted molar refractivity (Wildman–Crippen MR) is 114 cm³/mol. The zero-order valence-electron chi connectivity index (χ0n) is 15.2. The molecule has 1 amide bonds. The largest absolute Gasteiger partial charge is 0.416 e. The van der Waals surface area contributed by atoms with E-state index in [-0.39, 0.29) is 38.6 Å². The van der Waals surface area contributed by atoms with Crippen LogP contribution in [0.15, 0.2) is 42.7 Å². The maximum atomic E-state index is 13.0. The summed E-state index contributed by atoms with van der Waals surface area (Å²) in [6.07, 6.45) is -3.47. The zero-order valence-corrected chi connectivity index (χ0v) is 17.5. The van der Waals surface area contributed by atoms with E-state index in [4.69, 9.17) is 40.5 Å². The predicted octanol–water partition coefficient (Wildman–Crippen LogP) is 5.54. The van der Waals surface area contributed by atoms with Crippen molar-refractivity contribution in [1.29, 1.82) is 0 Å². The van der Waals surface area contributed by atoms with Crippen molar-refractivity contribution >= 4 is 63.7 Å². The minimum absolute atomic E-state index is 0.0148. The van der Waals surface area contributed by atoms with Crippen LogP contribution in [0.2, 0.25) is 15.1 Å². The smallest absolute Gasteiger partial charge is 0.393 e. The maximum Gasteiger partial charge on any atom is 0.416 e. The third kappa shape index (κ3) is 5.40. The Morgan fingerprint density at radius 3 is 2.35 bits per heavy atom. The number of nitrogens with two attached hydrogens (primary N) is 1. The SMILES string of the molecule is Nc1c(NNC(=O)c2ccc(Cl)cc2Cl)ncnc1Nc1cc(C(F)(F)F)ccc1Cl. The summed E-state index contributed by atoms with van der Waals surface area (Å²) in [5.41, 5.74) is 9.92. The molecule has 2 aromatic carbocycles. The molecule has 0 saturated carbocycles. The first-order valence-electron chi connectivity index (χ1n) is 8.32. The standard InChI is InChI=1S/C18H12Cl3F3N6O/c19-9-2-3-10(12(21)6-9)17(31)30-29-16-14(25)15(26-7-27-16)28-13-5-8(18(22,23)24)1-4-11(13)20/h1-7H,25H2,(H,30,31)(H2,26,27,28,29). The Morgan fingerprint density at radius 1 is 0.968 bits per heavy atom. The molecular weight excluding hydrogens is 480 g/mol. The number of anilines is 4. The van der Waals surface area contributed by atoms with Gasteiger partial charge in [-0.1, -0.05) is 34.8 Å². The molecule has 0 bridgehead atoms. The molecule has 7 nitrogen and oxygen atoms in total. The van der Waals surface area contributed by atoms with Gasteiger partial charge in [-0.05, 0) is 36.4 Å². The van der Waals surface area contributed by atoms with Crippen LogP contribution in [0, 0.1) is 0 Å². The summed E-state index contributed by atoms with van der Waals surface area (Å²) < 4.78 is 38.9. The highest BCUT2D eigenvalue weighted by Gasteiger charge is 2.31. The molecule has 0 aliphatic rings. The van der Waals surface area contributed by atoms with E-state index >= 15 is 0 Å². The molecule has 0 atom stereocenters. The number of halogens is 6. The zero-order chi connectivity index (χ0) is 22.8. The Kier molecular flexibility index (Phi) is 6.63. The van der Waals surface area contributed by atoms with Crippen LogP contribution >= 0.6 is 34.8 Å². The number of carbonyl (C=O) groups excluding carboxylic acids is 1. The van der Waals surface area contributed by atoms with Gasteiger partial charge in [0.1, 0.15) is 12.0 Å². The van der Waals surface area contributed by atoms with Crippen molar-refractivity contribution < 1.29 is 18.0 Å². The van der Waals surface area contributed by atoms with Gasteiger partial charge in [-0.15, -0.1) is 0 Å². The van der Waals surface area contributed by atoms with Crippen molar-refractivity contribution in [3.63, 3.8) is 0 Å². The van der Waals surface area contributed by atoms with Crippen LogP contribution in [0.5, 0.6) is 0 Å². The summed E-state index contributed by atoms with van der Waals surface area (Å²) in [7, 11) is 0. The molecule has 162 valence electrons. The van der Waals surface area contributed by atoms with Crippen molar-refractivity contribution in [1.82, 2.24) is 15.4 Å². The lowest BCUT2D eigenvalue weighted by molar-refractivity contribution is -0.137. The fourth-order valence-corrected chi connectivity index (χ4v) is 3.04. The third-order valence-electron chi connectivity index (χ3n) is 3.90. The van der Waals surface area contributed by atoms with Crippen LogP contribution in [0.1, 0.15) is 15.9 Å². The maximum absolute atomic E-state index is 13.0. The highest BCUT2D eigenvalue weighted by Crippen LogP contribution is 2.36. The number of aromatic nitrogens is 2. The summed E-state index contributed by atoms with van der Waals surface area (Å²) >= 11 is 17.8. The molecule has 13 heteroatoms. The first-order valence-corrected chi connectivity index (χ1v) is 9.45. The molecule has 31 heavy (non-hydrogen) atoms. The van der Waals surface area contributed by atoms with Crippen molar-refractivity contribution in [3.05, 3.63) is 68.9 Å². The number of amides is 1. The molecule has 3 rings (SSSR count). The summed E-state index contributed by atoms with van der Waals surface area (Å²) in [6, 6.07) is 7.08. The molecule has 0 spiro atoms. The van der Waals surface area contributed by atoms with E-state index in [0.717, 1.165) is 24.5 Å². The van der Waals surface area contributed by atoms with E-state index in [1.54, 1.807) is 0 Å². The van der Waals surface area contributed by atoms with Gasteiger partial charge < -0.3 is 11.1 Å². The number of hydrazine groups is 1. The normalized spacial score (nSPS) is 11.2. The van der Waals surface area contributed by atoms with Crippen molar-refractivity contribution in [2.75, 3.05) is 16.5 Å². The van der Waals surface area contributed by atoms with Crippen LogP contribution in [-0.2, 0) is 6.18 Å². The Hall–Kier alpha value is -2.95. The van der Waals surface area contributed by atoms with Gasteiger partial charge in [0.05, 0.1) is 26.9 Å². The Labute approximate surface area is 188 Å². The lowest BCUT2D eigenvalue weighted by atomic mass is 10.2.